The zero-order chi connectivity index (χ0) is 19.6. The highest BCUT2D eigenvalue weighted by Crippen LogP contribution is 2.36. The number of halogens is 3. The van der Waals surface area contributed by atoms with Crippen molar-refractivity contribution < 1.29 is 28.1 Å². The molecule has 0 aliphatic heterocycles. The lowest BCUT2D eigenvalue weighted by molar-refractivity contribution is -0.141. The van der Waals surface area contributed by atoms with E-state index in [1.54, 1.807) is 7.11 Å². The van der Waals surface area contributed by atoms with Crippen LogP contribution in [-0.2, 0) is 12.7 Å². The highest BCUT2D eigenvalue weighted by Gasteiger charge is 2.42. The molecule has 1 aromatic carbocycles. The molecule has 1 aliphatic rings. The second kappa shape index (κ2) is 7.84. The monoisotopic (exact) mass is 382 g/mol. The molecule has 1 heterocycles. The van der Waals surface area contributed by atoms with E-state index in [9.17, 15) is 23.4 Å². The molecule has 0 amide bonds. The van der Waals surface area contributed by atoms with Crippen molar-refractivity contribution in [2.75, 3.05) is 7.11 Å². The third-order valence-corrected chi connectivity index (χ3v) is 4.87. The van der Waals surface area contributed by atoms with Crippen LogP contribution in [0.15, 0.2) is 42.6 Å². The van der Waals surface area contributed by atoms with Gasteiger partial charge in [0, 0.05) is 24.7 Å². The Hall–Kier alpha value is -2.16. The molecular formula is C19H21F3N2O3. The highest BCUT2D eigenvalue weighted by molar-refractivity contribution is 5.29. The van der Waals surface area contributed by atoms with Gasteiger partial charge in [-0.2, -0.15) is 13.2 Å². The minimum Gasteiger partial charge on any atom is -0.497 e. The second-order valence-electron chi connectivity index (χ2n) is 6.63. The van der Waals surface area contributed by atoms with E-state index in [1.807, 2.05) is 24.3 Å². The van der Waals surface area contributed by atoms with Crippen molar-refractivity contribution in [3.63, 3.8) is 0 Å². The number of rotatable bonds is 5. The van der Waals surface area contributed by atoms with Gasteiger partial charge in [-0.25, -0.2) is 0 Å². The summed E-state index contributed by atoms with van der Waals surface area (Å²) in [6, 6.07) is 9.16. The van der Waals surface area contributed by atoms with Gasteiger partial charge in [0.2, 0.25) is 0 Å². The van der Waals surface area contributed by atoms with Gasteiger partial charge in [0.05, 0.1) is 19.3 Å². The quantitative estimate of drug-likeness (QED) is 0.741. The summed E-state index contributed by atoms with van der Waals surface area (Å²) in [4.78, 5) is 3.49. The molecule has 1 aliphatic carbocycles. The summed E-state index contributed by atoms with van der Waals surface area (Å²) < 4.78 is 43.3. The van der Waals surface area contributed by atoms with E-state index >= 15 is 0 Å². The molecule has 0 saturated heterocycles. The third-order valence-electron chi connectivity index (χ3n) is 4.87. The number of ether oxygens (including phenoxy) is 1. The molecule has 2 aromatic rings. The predicted octanol–water partition coefficient (Wildman–Crippen LogP) is 2.48. The zero-order valence-corrected chi connectivity index (χ0v) is 14.6. The highest BCUT2D eigenvalue weighted by atomic mass is 19.4. The normalized spacial score (nSPS) is 25.6. The van der Waals surface area contributed by atoms with Gasteiger partial charge in [-0.1, -0.05) is 18.2 Å². The molecule has 0 bridgehead atoms. The molecule has 0 radical (unpaired) electrons. The minimum absolute atomic E-state index is 0.240. The van der Waals surface area contributed by atoms with Crippen LogP contribution < -0.4 is 10.1 Å². The summed E-state index contributed by atoms with van der Waals surface area (Å²) in [6.07, 6.45) is -5.08. The Bertz CT molecular complexity index is 768. The van der Waals surface area contributed by atoms with E-state index < -0.39 is 30.1 Å². The first-order valence-electron chi connectivity index (χ1n) is 8.55. The van der Waals surface area contributed by atoms with E-state index in [1.165, 1.54) is 12.3 Å². The van der Waals surface area contributed by atoms with Crippen LogP contribution in [0.3, 0.4) is 0 Å². The molecule has 5 nitrogen and oxygen atoms in total. The second-order valence-corrected chi connectivity index (χ2v) is 6.63. The number of methoxy groups -OCH3 is 1. The lowest BCUT2D eigenvalue weighted by Crippen LogP contribution is -2.41. The lowest BCUT2D eigenvalue weighted by Gasteiger charge is -2.24. The largest absolute Gasteiger partial charge is 0.497 e. The van der Waals surface area contributed by atoms with Gasteiger partial charge in [0.1, 0.15) is 11.4 Å². The Balaban J connectivity index is 1.75. The number of aromatic nitrogens is 1. The molecule has 1 saturated carbocycles. The number of hydrogen-bond acceptors (Lipinski definition) is 5. The predicted molar refractivity (Wildman–Crippen MR) is 92.2 cm³/mol. The fourth-order valence-electron chi connectivity index (χ4n) is 3.44. The van der Waals surface area contributed by atoms with Crippen LogP contribution in [0.1, 0.15) is 29.2 Å². The Labute approximate surface area is 154 Å². The molecule has 27 heavy (non-hydrogen) atoms. The smallest absolute Gasteiger partial charge is 0.433 e. The van der Waals surface area contributed by atoms with Gasteiger partial charge in [0.15, 0.2) is 0 Å². The van der Waals surface area contributed by atoms with Crippen LogP contribution in [0.2, 0.25) is 0 Å². The Kier molecular flexibility index (Phi) is 5.69. The maximum atomic E-state index is 12.7. The van der Waals surface area contributed by atoms with Crippen molar-refractivity contribution >= 4 is 0 Å². The summed E-state index contributed by atoms with van der Waals surface area (Å²) in [5.74, 6) is 0.347. The number of hydrogen-bond donors (Lipinski definition) is 3. The Morgan fingerprint density at radius 3 is 2.63 bits per heavy atom. The molecule has 1 aromatic heterocycles. The lowest BCUT2D eigenvalue weighted by atomic mass is 9.94. The Morgan fingerprint density at radius 2 is 2.00 bits per heavy atom. The zero-order valence-electron chi connectivity index (χ0n) is 14.6. The molecule has 0 spiro atoms. The van der Waals surface area contributed by atoms with Gasteiger partial charge in [-0.05, 0) is 35.7 Å². The average molecular weight is 382 g/mol. The molecule has 4 unspecified atom stereocenters. The summed E-state index contributed by atoms with van der Waals surface area (Å²) >= 11 is 0. The summed E-state index contributed by atoms with van der Waals surface area (Å²) in [5.41, 5.74) is 0.500. The van der Waals surface area contributed by atoms with Crippen molar-refractivity contribution in [1.82, 2.24) is 10.3 Å². The van der Waals surface area contributed by atoms with Gasteiger partial charge in [0.25, 0.3) is 0 Å². The van der Waals surface area contributed by atoms with Crippen LogP contribution in [0.4, 0.5) is 13.2 Å². The molecule has 3 N–H and O–H groups in total. The van der Waals surface area contributed by atoms with Gasteiger partial charge in [-0.15, -0.1) is 0 Å². The van der Waals surface area contributed by atoms with Crippen LogP contribution in [0, 0.1) is 0 Å². The average Bonchev–Trinajstić information content (AvgIpc) is 2.94. The third kappa shape index (κ3) is 4.40. The molecule has 146 valence electrons. The fraction of sp³-hybridized carbons (Fsp3) is 0.421. The number of aliphatic hydroxyl groups is 2. The molecule has 1 fully saturated rings. The maximum absolute atomic E-state index is 12.7. The van der Waals surface area contributed by atoms with Crippen molar-refractivity contribution in [2.24, 2.45) is 0 Å². The SMILES string of the molecule is COc1cccc(CNC2C(c3ccc(C(F)(F)F)nc3)CC(O)C2O)c1. The molecule has 8 heteroatoms. The summed E-state index contributed by atoms with van der Waals surface area (Å²) in [6.45, 7) is 0.413. The van der Waals surface area contributed by atoms with E-state index in [0.717, 1.165) is 11.6 Å². The first-order valence-corrected chi connectivity index (χ1v) is 8.55. The van der Waals surface area contributed by atoms with Crippen LogP contribution >= 0.6 is 0 Å². The van der Waals surface area contributed by atoms with E-state index in [4.69, 9.17) is 4.74 Å². The molecule has 4 atom stereocenters. The standard InChI is InChI=1S/C19H21F3N2O3/c1-27-13-4-2-3-11(7-13)9-24-17-14(8-15(25)18(17)26)12-5-6-16(23-10-12)19(20,21)22/h2-7,10,14-15,17-18,24-26H,8-9H2,1H3. The summed E-state index contributed by atoms with van der Waals surface area (Å²) in [7, 11) is 1.57. The van der Waals surface area contributed by atoms with Gasteiger partial charge in [-0.3, -0.25) is 4.98 Å². The number of benzene rings is 1. The fourth-order valence-corrected chi connectivity index (χ4v) is 3.44. The van der Waals surface area contributed by atoms with E-state index in [0.29, 0.717) is 17.9 Å². The van der Waals surface area contributed by atoms with Gasteiger partial charge < -0.3 is 20.3 Å². The van der Waals surface area contributed by atoms with Crippen LogP contribution in [0.5, 0.6) is 5.75 Å². The van der Waals surface area contributed by atoms with Gasteiger partial charge >= 0.3 is 6.18 Å². The number of aliphatic hydroxyl groups excluding tert-OH is 2. The number of pyridine rings is 1. The van der Waals surface area contributed by atoms with Crippen molar-refractivity contribution in [1.29, 1.82) is 0 Å². The number of nitrogens with zero attached hydrogens (tertiary/aromatic N) is 1. The van der Waals surface area contributed by atoms with E-state index in [2.05, 4.69) is 10.3 Å². The Morgan fingerprint density at radius 1 is 1.22 bits per heavy atom. The number of nitrogens with one attached hydrogen (secondary N) is 1. The van der Waals surface area contributed by atoms with Crippen molar-refractivity contribution in [3.8, 4) is 5.75 Å². The summed E-state index contributed by atoms with van der Waals surface area (Å²) in [5, 5.41) is 23.6. The van der Waals surface area contributed by atoms with E-state index in [-0.39, 0.29) is 12.3 Å². The number of alkyl halides is 3. The minimum atomic E-state index is -4.50. The van der Waals surface area contributed by atoms with Crippen molar-refractivity contribution in [3.05, 3.63) is 59.4 Å². The first-order chi connectivity index (χ1) is 12.8. The molecular weight excluding hydrogens is 361 g/mol. The topological polar surface area (TPSA) is 74.6 Å². The first kappa shape index (κ1) is 19.6. The van der Waals surface area contributed by atoms with Crippen LogP contribution in [-0.4, -0.2) is 40.6 Å². The van der Waals surface area contributed by atoms with Crippen LogP contribution in [0.25, 0.3) is 0 Å². The van der Waals surface area contributed by atoms with Crippen molar-refractivity contribution in [2.45, 2.75) is 43.3 Å². The maximum Gasteiger partial charge on any atom is 0.433 e. The molecule has 3 rings (SSSR count).